The van der Waals surface area contributed by atoms with Gasteiger partial charge in [0.05, 0.1) is 19.3 Å². The van der Waals surface area contributed by atoms with Crippen molar-refractivity contribution in [1.82, 2.24) is 19.7 Å². The first-order chi connectivity index (χ1) is 13.3. The van der Waals surface area contributed by atoms with Crippen molar-refractivity contribution >= 4 is 28.6 Å². The molecule has 0 radical (unpaired) electrons. The van der Waals surface area contributed by atoms with Crippen molar-refractivity contribution in [3.8, 4) is 11.4 Å². The van der Waals surface area contributed by atoms with Crippen molar-refractivity contribution in [1.29, 1.82) is 0 Å². The molecule has 0 aliphatic carbocycles. The number of carbonyl (C=O) groups is 1. The predicted molar refractivity (Wildman–Crippen MR) is 102 cm³/mol. The molecule has 2 saturated heterocycles. The molecule has 4 heterocycles. The van der Waals surface area contributed by atoms with Crippen LogP contribution in [0.1, 0.15) is 19.3 Å². The van der Waals surface area contributed by atoms with Gasteiger partial charge in [0.15, 0.2) is 11.0 Å². The SMILES string of the molecule is O=C1OCC[C@H]1Sc1nnc(-c2c[nH]c3ccccc23)n1C[C@@H]1CCCO1. The molecule has 2 aromatic heterocycles. The van der Waals surface area contributed by atoms with Gasteiger partial charge in [-0.3, -0.25) is 9.36 Å². The minimum Gasteiger partial charge on any atom is -0.465 e. The average molecular weight is 384 g/mol. The summed E-state index contributed by atoms with van der Waals surface area (Å²) in [5.41, 5.74) is 2.07. The van der Waals surface area contributed by atoms with Crippen LogP contribution in [0.3, 0.4) is 0 Å². The molecule has 0 unspecified atom stereocenters. The first kappa shape index (κ1) is 16.8. The highest BCUT2D eigenvalue weighted by atomic mass is 32.2. The van der Waals surface area contributed by atoms with Crippen molar-refractivity contribution in [2.24, 2.45) is 0 Å². The van der Waals surface area contributed by atoms with E-state index >= 15 is 0 Å². The third kappa shape index (κ3) is 3.12. The minimum atomic E-state index is -0.215. The summed E-state index contributed by atoms with van der Waals surface area (Å²) >= 11 is 1.44. The number of hydrogen-bond acceptors (Lipinski definition) is 6. The van der Waals surface area contributed by atoms with E-state index in [-0.39, 0.29) is 17.3 Å². The highest BCUT2D eigenvalue weighted by Gasteiger charge is 2.31. The Labute approximate surface area is 160 Å². The molecule has 2 aliphatic heterocycles. The number of cyclic esters (lactones) is 1. The van der Waals surface area contributed by atoms with Crippen LogP contribution in [0.15, 0.2) is 35.6 Å². The molecule has 0 spiro atoms. The molecule has 27 heavy (non-hydrogen) atoms. The Bertz CT molecular complexity index is 976. The van der Waals surface area contributed by atoms with Crippen molar-refractivity contribution in [3.63, 3.8) is 0 Å². The number of fused-ring (bicyclic) bond motifs is 1. The van der Waals surface area contributed by atoms with Gasteiger partial charge in [-0.1, -0.05) is 30.0 Å². The summed E-state index contributed by atoms with van der Waals surface area (Å²) in [5.74, 6) is 0.636. The van der Waals surface area contributed by atoms with Gasteiger partial charge >= 0.3 is 5.97 Å². The molecule has 0 saturated carbocycles. The predicted octanol–water partition coefficient (Wildman–Crippen LogP) is 3.01. The number of hydrogen-bond donors (Lipinski definition) is 1. The lowest BCUT2D eigenvalue weighted by Gasteiger charge is -2.15. The van der Waals surface area contributed by atoms with Gasteiger partial charge in [-0.25, -0.2) is 0 Å². The molecule has 3 aromatic rings. The Balaban J connectivity index is 1.54. The molecule has 1 aromatic carbocycles. The zero-order valence-electron chi connectivity index (χ0n) is 14.8. The lowest BCUT2D eigenvalue weighted by molar-refractivity contribution is -0.137. The maximum atomic E-state index is 11.9. The average Bonchev–Trinajstić information content (AvgIpc) is 3.46. The van der Waals surface area contributed by atoms with Crippen LogP contribution < -0.4 is 0 Å². The molecule has 5 rings (SSSR count). The van der Waals surface area contributed by atoms with E-state index in [1.165, 1.54) is 11.8 Å². The van der Waals surface area contributed by atoms with Crippen LogP contribution in [0, 0.1) is 0 Å². The molecule has 0 amide bonds. The number of ether oxygens (including phenoxy) is 2. The van der Waals surface area contributed by atoms with E-state index < -0.39 is 0 Å². The quantitative estimate of drug-likeness (QED) is 0.681. The molecule has 2 aliphatic rings. The van der Waals surface area contributed by atoms with E-state index in [1.54, 1.807) is 0 Å². The number of H-pyrrole nitrogens is 1. The third-order valence-electron chi connectivity index (χ3n) is 5.09. The smallest absolute Gasteiger partial charge is 0.319 e. The van der Waals surface area contributed by atoms with Crippen molar-refractivity contribution in [2.45, 2.75) is 42.3 Å². The Morgan fingerprint density at radius 1 is 1.22 bits per heavy atom. The molecule has 2 fully saturated rings. The molecule has 140 valence electrons. The summed E-state index contributed by atoms with van der Waals surface area (Å²) in [6, 6.07) is 8.15. The molecule has 7 nitrogen and oxygen atoms in total. The molecule has 2 atom stereocenters. The van der Waals surface area contributed by atoms with Crippen LogP contribution in [0.25, 0.3) is 22.3 Å². The second-order valence-electron chi connectivity index (χ2n) is 6.86. The highest BCUT2D eigenvalue weighted by molar-refractivity contribution is 8.00. The zero-order chi connectivity index (χ0) is 18.2. The number of aromatic amines is 1. The van der Waals surface area contributed by atoms with E-state index in [1.807, 2.05) is 24.4 Å². The van der Waals surface area contributed by atoms with Crippen LogP contribution in [-0.4, -0.2) is 50.3 Å². The van der Waals surface area contributed by atoms with Gasteiger partial charge in [0, 0.05) is 35.7 Å². The van der Waals surface area contributed by atoms with Crippen molar-refractivity contribution in [3.05, 3.63) is 30.5 Å². The number of nitrogens with zero attached hydrogens (tertiary/aromatic N) is 3. The fraction of sp³-hybridized carbons (Fsp3) is 0.421. The van der Waals surface area contributed by atoms with Crippen LogP contribution in [0.5, 0.6) is 0 Å². The van der Waals surface area contributed by atoms with Crippen molar-refractivity contribution in [2.75, 3.05) is 13.2 Å². The molecule has 8 heteroatoms. The summed E-state index contributed by atoms with van der Waals surface area (Å²) in [6.07, 6.45) is 4.94. The highest BCUT2D eigenvalue weighted by Crippen LogP contribution is 2.34. The molecule has 1 N–H and O–H groups in total. The number of nitrogens with one attached hydrogen (secondary N) is 1. The Kier molecular flexibility index (Phi) is 4.37. The number of para-hydroxylation sites is 1. The number of esters is 1. The normalized spacial score (nSPS) is 22.6. The number of benzene rings is 1. The number of rotatable bonds is 5. The van der Waals surface area contributed by atoms with Gasteiger partial charge in [0.2, 0.25) is 0 Å². The summed E-state index contributed by atoms with van der Waals surface area (Å²) in [4.78, 5) is 15.2. The Morgan fingerprint density at radius 2 is 2.15 bits per heavy atom. The van der Waals surface area contributed by atoms with Gasteiger partial charge in [0.1, 0.15) is 5.25 Å². The van der Waals surface area contributed by atoms with Gasteiger partial charge in [-0.2, -0.15) is 0 Å². The van der Waals surface area contributed by atoms with E-state index in [0.29, 0.717) is 19.6 Å². The first-order valence-electron chi connectivity index (χ1n) is 9.24. The Morgan fingerprint density at radius 3 is 2.96 bits per heavy atom. The van der Waals surface area contributed by atoms with E-state index in [2.05, 4.69) is 25.8 Å². The molecular formula is C19H20N4O3S. The van der Waals surface area contributed by atoms with Crippen LogP contribution in [-0.2, 0) is 20.8 Å². The van der Waals surface area contributed by atoms with E-state index in [9.17, 15) is 4.79 Å². The van der Waals surface area contributed by atoms with Crippen LogP contribution in [0.2, 0.25) is 0 Å². The monoisotopic (exact) mass is 384 g/mol. The van der Waals surface area contributed by atoms with Gasteiger partial charge in [0.25, 0.3) is 0 Å². The maximum Gasteiger partial charge on any atom is 0.319 e. The van der Waals surface area contributed by atoms with Crippen molar-refractivity contribution < 1.29 is 14.3 Å². The number of carbonyl (C=O) groups excluding carboxylic acids is 1. The fourth-order valence-corrected chi connectivity index (χ4v) is 4.71. The first-order valence-corrected chi connectivity index (χ1v) is 10.1. The summed E-state index contributed by atoms with van der Waals surface area (Å²) in [5, 5.41) is 10.5. The Hall–Kier alpha value is -2.32. The van der Waals surface area contributed by atoms with Crippen LogP contribution in [0.4, 0.5) is 0 Å². The lowest BCUT2D eigenvalue weighted by atomic mass is 10.1. The third-order valence-corrected chi connectivity index (χ3v) is 6.32. The van der Waals surface area contributed by atoms with E-state index in [4.69, 9.17) is 9.47 Å². The second-order valence-corrected chi connectivity index (χ2v) is 8.03. The molecular weight excluding hydrogens is 364 g/mol. The minimum absolute atomic E-state index is 0.153. The second kappa shape index (κ2) is 7.01. The standard InChI is InChI=1S/C19H20N4O3S/c24-18-16(7-9-26-18)27-19-22-21-17(23(19)11-12-4-3-8-25-12)14-10-20-15-6-2-1-5-13(14)15/h1-2,5-6,10,12,16,20H,3-4,7-9,11H2/t12-,16+/m0/s1. The van der Waals surface area contributed by atoms with Crippen LogP contribution >= 0.6 is 11.8 Å². The number of aromatic nitrogens is 4. The van der Waals surface area contributed by atoms with Gasteiger partial charge in [-0.15, -0.1) is 10.2 Å². The van der Waals surface area contributed by atoms with Gasteiger partial charge in [-0.05, 0) is 18.9 Å². The maximum absolute atomic E-state index is 11.9. The lowest BCUT2D eigenvalue weighted by Crippen LogP contribution is -2.18. The number of thioether (sulfide) groups is 1. The zero-order valence-corrected chi connectivity index (χ0v) is 15.6. The van der Waals surface area contributed by atoms with Gasteiger partial charge < -0.3 is 14.5 Å². The largest absolute Gasteiger partial charge is 0.465 e. The fourth-order valence-electron chi connectivity index (χ4n) is 3.70. The summed E-state index contributed by atoms with van der Waals surface area (Å²) in [7, 11) is 0. The summed E-state index contributed by atoms with van der Waals surface area (Å²) < 4.78 is 13.0. The van der Waals surface area contributed by atoms with E-state index in [0.717, 1.165) is 46.9 Å². The molecule has 0 bridgehead atoms. The topological polar surface area (TPSA) is 82.0 Å². The summed E-state index contributed by atoms with van der Waals surface area (Å²) in [6.45, 7) is 1.96.